The number of aryl methyl sites for hydroxylation is 1. The van der Waals surface area contributed by atoms with E-state index in [9.17, 15) is 14.0 Å². The van der Waals surface area contributed by atoms with Crippen LogP contribution in [-0.2, 0) is 17.8 Å². The molecule has 0 fully saturated rings. The number of nitrogens with zero attached hydrogens (tertiary/aromatic N) is 1. The minimum atomic E-state index is -0.475. The second-order valence-corrected chi connectivity index (χ2v) is 5.97. The molecule has 1 amide bonds. The minimum Gasteiger partial charge on any atom is -0.497 e. The van der Waals surface area contributed by atoms with Gasteiger partial charge in [0.15, 0.2) is 5.78 Å². The number of Topliss-reactive ketones (excluding diaryl/α,β-unsaturated/α-hetero) is 1. The van der Waals surface area contributed by atoms with E-state index in [0.29, 0.717) is 12.1 Å². The van der Waals surface area contributed by atoms with Crippen LogP contribution in [0.3, 0.4) is 0 Å². The molecule has 0 aliphatic carbocycles. The van der Waals surface area contributed by atoms with E-state index in [1.54, 1.807) is 7.11 Å². The molecule has 124 valence electrons. The number of hydrogen-bond acceptors (Lipinski definition) is 3. The first-order valence-electron chi connectivity index (χ1n) is 7.71. The van der Waals surface area contributed by atoms with Gasteiger partial charge >= 0.3 is 0 Å². The number of ketones is 1. The highest BCUT2D eigenvalue weighted by molar-refractivity contribution is 6.01. The van der Waals surface area contributed by atoms with Crippen molar-refractivity contribution >= 4 is 11.7 Å². The normalized spacial score (nSPS) is 14.4. The van der Waals surface area contributed by atoms with E-state index in [-0.39, 0.29) is 30.2 Å². The summed E-state index contributed by atoms with van der Waals surface area (Å²) >= 11 is 0. The monoisotopic (exact) mass is 327 g/mol. The first-order valence-corrected chi connectivity index (χ1v) is 7.71. The highest BCUT2D eigenvalue weighted by Gasteiger charge is 2.27. The first kappa shape index (κ1) is 16.2. The Balaban J connectivity index is 1.93. The third kappa shape index (κ3) is 3.15. The number of methoxy groups -OCH3 is 1. The summed E-state index contributed by atoms with van der Waals surface area (Å²) in [5.41, 5.74) is 2.75. The molecule has 2 aromatic carbocycles. The lowest BCUT2D eigenvalue weighted by Crippen LogP contribution is -2.33. The zero-order valence-corrected chi connectivity index (χ0v) is 13.6. The van der Waals surface area contributed by atoms with Crippen molar-refractivity contribution in [1.82, 2.24) is 4.90 Å². The second-order valence-electron chi connectivity index (χ2n) is 5.97. The summed E-state index contributed by atoms with van der Waals surface area (Å²) in [7, 11) is 1.59. The van der Waals surface area contributed by atoms with E-state index in [1.165, 1.54) is 23.1 Å². The van der Waals surface area contributed by atoms with Crippen molar-refractivity contribution in [3.05, 3.63) is 64.5 Å². The fourth-order valence-corrected chi connectivity index (χ4v) is 2.93. The second kappa shape index (κ2) is 6.43. The first-order chi connectivity index (χ1) is 11.5. The van der Waals surface area contributed by atoms with Crippen LogP contribution in [0.1, 0.15) is 27.0 Å². The molecule has 0 saturated carbocycles. The molecule has 4 nitrogen and oxygen atoms in total. The van der Waals surface area contributed by atoms with Gasteiger partial charge in [0.05, 0.1) is 13.7 Å². The Bertz CT molecular complexity index is 816. The van der Waals surface area contributed by atoms with Gasteiger partial charge in [-0.3, -0.25) is 9.59 Å². The van der Waals surface area contributed by atoms with Gasteiger partial charge in [-0.25, -0.2) is 4.39 Å². The summed E-state index contributed by atoms with van der Waals surface area (Å²) < 4.78 is 18.7. The summed E-state index contributed by atoms with van der Waals surface area (Å²) in [6, 6.07) is 9.59. The molecule has 0 unspecified atom stereocenters. The van der Waals surface area contributed by atoms with E-state index >= 15 is 0 Å². The minimum absolute atomic E-state index is 0.0284. The van der Waals surface area contributed by atoms with Gasteiger partial charge in [-0.1, -0.05) is 12.1 Å². The molecule has 1 aliphatic rings. The van der Waals surface area contributed by atoms with Crippen LogP contribution >= 0.6 is 0 Å². The van der Waals surface area contributed by atoms with E-state index in [0.717, 1.165) is 16.9 Å². The highest BCUT2D eigenvalue weighted by atomic mass is 19.1. The molecule has 0 spiro atoms. The van der Waals surface area contributed by atoms with Gasteiger partial charge in [-0.05, 0) is 47.9 Å². The molecular weight excluding hydrogens is 309 g/mol. The number of carbonyl (C=O) groups excluding carboxylic acids is 2. The maximum atomic E-state index is 13.5. The fourth-order valence-electron chi connectivity index (χ4n) is 2.93. The van der Waals surface area contributed by atoms with Crippen LogP contribution in [-0.4, -0.2) is 30.2 Å². The average molecular weight is 327 g/mol. The number of halogens is 1. The summed E-state index contributed by atoms with van der Waals surface area (Å²) in [4.78, 5) is 26.4. The number of hydrogen-bond donors (Lipinski definition) is 0. The van der Waals surface area contributed by atoms with Gasteiger partial charge < -0.3 is 9.64 Å². The molecule has 3 rings (SSSR count). The van der Waals surface area contributed by atoms with E-state index in [1.807, 2.05) is 25.1 Å². The number of benzene rings is 2. The number of carbonyl (C=O) groups is 2. The molecule has 0 bridgehead atoms. The zero-order chi connectivity index (χ0) is 17.3. The quantitative estimate of drug-likeness (QED) is 0.871. The van der Waals surface area contributed by atoms with Crippen molar-refractivity contribution in [2.45, 2.75) is 19.9 Å². The molecule has 5 heteroatoms. The maximum absolute atomic E-state index is 13.5. The van der Waals surface area contributed by atoms with Gasteiger partial charge in [0, 0.05) is 18.5 Å². The topological polar surface area (TPSA) is 46.6 Å². The molecule has 1 heterocycles. The van der Waals surface area contributed by atoms with Crippen molar-refractivity contribution in [2.24, 2.45) is 0 Å². The highest BCUT2D eigenvalue weighted by Crippen LogP contribution is 2.23. The Morgan fingerprint density at radius 2 is 1.96 bits per heavy atom. The molecule has 0 saturated heterocycles. The lowest BCUT2D eigenvalue weighted by Gasteiger charge is -2.21. The molecule has 0 N–H and O–H groups in total. The predicted molar refractivity (Wildman–Crippen MR) is 87.6 cm³/mol. The fraction of sp³-hybridized carbons (Fsp3) is 0.263. The predicted octanol–water partition coefficient (Wildman–Crippen LogP) is 2.91. The van der Waals surface area contributed by atoms with Crippen LogP contribution in [0.2, 0.25) is 0 Å². The lowest BCUT2D eigenvalue weighted by molar-refractivity contribution is -0.119. The van der Waals surface area contributed by atoms with Gasteiger partial charge in [0.1, 0.15) is 11.6 Å². The number of rotatable bonds is 3. The number of ether oxygens (including phenoxy) is 1. The number of fused-ring (bicyclic) bond motifs is 1. The molecule has 0 atom stereocenters. The van der Waals surface area contributed by atoms with E-state index in [4.69, 9.17) is 4.74 Å². The maximum Gasteiger partial charge on any atom is 0.254 e. The molecule has 0 radical (unpaired) electrons. The summed E-state index contributed by atoms with van der Waals surface area (Å²) in [5, 5.41) is 0. The Labute approximate surface area is 139 Å². The SMILES string of the molecule is COc1ccc(CN2CC(=O)Cc3ccc(F)cc3C2=O)c(C)c1. The van der Waals surface area contributed by atoms with Crippen molar-refractivity contribution in [1.29, 1.82) is 0 Å². The standard InChI is InChI=1S/C19H18FNO3/c1-12-7-17(24-2)6-4-14(12)10-21-11-16(22)8-13-3-5-15(20)9-18(13)19(21)23/h3-7,9H,8,10-11H2,1-2H3. The summed E-state index contributed by atoms with van der Waals surface area (Å²) in [6.45, 7) is 2.26. The van der Waals surface area contributed by atoms with Crippen molar-refractivity contribution in [2.75, 3.05) is 13.7 Å². The molecular formula is C19H18FNO3. The average Bonchev–Trinajstić information content (AvgIpc) is 2.67. The van der Waals surface area contributed by atoms with Gasteiger partial charge in [-0.2, -0.15) is 0 Å². The Morgan fingerprint density at radius 1 is 1.17 bits per heavy atom. The van der Waals surface area contributed by atoms with Crippen molar-refractivity contribution < 1.29 is 18.7 Å². The smallest absolute Gasteiger partial charge is 0.254 e. The Morgan fingerprint density at radius 3 is 2.67 bits per heavy atom. The number of amides is 1. The van der Waals surface area contributed by atoms with Crippen LogP contribution in [0.5, 0.6) is 5.75 Å². The molecule has 0 aromatic heterocycles. The van der Waals surface area contributed by atoms with Gasteiger partial charge in [0.25, 0.3) is 5.91 Å². The molecule has 2 aromatic rings. The van der Waals surface area contributed by atoms with Crippen molar-refractivity contribution in [3.63, 3.8) is 0 Å². The zero-order valence-electron chi connectivity index (χ0n) is 13.6. The third-order valence-electron chi connectivity index (χ3n) is 4.26. The third-order valence-corrected chi connectivity index (χ3v) is 4.26. The summed E-state index contributed by atoms with van der Waals surface area (Å²) in [5.74, 6) is -0.107. The van der Waals surface area contributed by atoms with Gasteiger partial charge in [0.2, 0.25) is 0 Å². The molecule has 1 aliphatic heterocycles. The van der Waals surface area contributed by atoms with E-state index in [2.05, 4.69) is 0 Å². The van der Waals surface area contributed by atoms with Crippen LogP contribution < -0.4 is 4.74 Å². The Kier molecular flexibility index (Phi) is 4.34. The lowest BCUT2D eigenvalue weighted by atomic mass is 10.0. The Hall–Kier alpha value is -2.69. The van der Waals surface area contributed by atoms with Gasteiger partial charge in [-0.15, -0.1) is 0 Å². The largest absolute Gasteiger partial charge is 0.497 e. The van der Waals surface area contributed by atoms with Crippen molar-refractivity contribution in [3.8, 4) is 5.75 Å². The van der Waals surface area contributed by atoms with Crippen LogP contribution in [0.25, 0.3) is 0 Å². The van der Waals surface area contributed by atoms with Crippen LogP contribution in [0.15, 0.2) is 36.4 Å². The van der Waals surface area contributed by atoms with Crippen LogP contribution in [0.4, 0.5) is 4.39 Å². The van der Waals surface area contributed by atoms with Crippen LogP contribution in [0, 0.1) is 12.7 Å². The van der Waals surface area contributed by atoms with E-state index < -0.39 is 5.82 Å². The molecule has 24 heavy (non-hydrogen) atoms. The summed E-state index contributed by atoms with van der Waals surface area (Å²) in [6.07, 6.45) is 0.152.